The van der Waals surface area contributed by atoms with Crippen LogP contribution in [0.25, 0.3) is 0 Å². The summed E-state index contributed by atoms with van der Waals surface area (Å²) >= 11 is 0. The van der Waals surface area contributed by atoms with Crippen LogP contribution in [0, 0.1) is 5.41 Å². The Morgan fingerprint density at radius 1 is 1.13 bits per heavy atom. The van der Waals surface area contributed by atoms with Gasteiger partial charge in [0.25, 0.3) is 0 Å². The van der Waals surface area contributed by atoms with Crippen molar-refractivity contribution >= 4 is 40.0 Å². The van der Waals surface area contributed by atoms with Crippen molar-refractivity contribution in [3.05, 3.63) is 0 Å². The number of hydrogen-bond donors (Lipinski definition) is 2. The molecule has 2 saturated carbocycles. The summed E-state index contributed by atoms with van der Waals surface area (Å²) < 4.78 is 32.3. The van der Waals surface area contributed by atoms with E-state index < -0.39 is 10.0 Å². The highest BCUT2D eigenvalue weighted by molar-refractivity contribution is 14.0. The monoisotopic (exact) mass is 556 g/mol. The predicted molar refractivity (Wildman–Crippen MR) is 133 cm³/mol. The zero-order valence-corrected chi connectivity index (χ0v) is 22.0. The summed E-state index contributed by atoms with van der Waals surface area (Å²) in [6, 6.07) is 0.676. The number of hydrogen-bond acceptors (Lipinski definition) is 4. The molecule has 0 amide bonds. The second-order valence-electron chi connectivity index (χ2n) is 8.88. The van der Waals surface area contributed by atoms with Crippen LogP contribution in [0.2, 0.25) is 0 Å². The molecule has 0 aromatic carbocycles. The van der Waals surface area contributed by atoms with Gasteiger partial charge in [0.05, 0.1) is 11.9 Å². The highest BCUT2D eigenvalue weighted by atomic mass is 127. The second-order valence-corrected chi connectivity index (χ2v) is 11.0. The quantitative estimate of drug-likeness (QED) is 0.286. The maximum Gasteiger partial charge on any atom is 0.214 e. The van der Waals surface area contributed by atoms with E-state index in [1.165, 1.54) is 32.1 Å². The third-order valence-corrected chi connectivity index (χ3v) is 9.20. The lowest BCUT2D eigenvalue weighted by atomic mass is 9.55. The molecule has 9 heteroatoms. The standard InChI is InChI=1S/C21H40N4O3S.HI/c1-4-15-29(26,27)25-13-9-17(10-14-25)23-20(22-3)24-18-16-19(28-5-2)21(18)11-7-6-8-12-21;/h17-19H,4-16H2,1-3H3,(H2,22,23,24);1H. The number of nitrogens with one attached hydrogen (secondary N) is 2. The maximum atomic E-state index is 12.3. The smallest absolute Gasteiger partial charge is 0.214 e. The average Bonchev–Trinajstić information content (AvgIpc) is 2.73. The predicted octanol–water partition coefficient (Wildman–Crippen LogP) is 3.10. The number of guanidine groups is 1. The van der Waals surface area contributed by atoms with Crippen molar-refractivity contribution in [2.24, 2.45) is 10.4 Å². The van der Waals surface area contributed by atoms with E-state index in [0.29, 0.717) is 31.7 Å². The SMILES string of the molecule is CCCS(=O)(=O)N1CCC(NC(=NC)NC2CC(OCC)C23CCCCC3)CC1.I. The number of halogens is 1. The molecule has 176 valence electrons. The molecule has 1 saturated heterocycles. The Morgan fingerprint density at radius 3 is 2.37 bits per heavy atom. The third kappa shape index (κ3) is 5.81. The molecular weight excluding hydrogens is 515 g/mol. The molecule has 2 N–H and O–H groups in total. The molecule has 3 rings (SSSR count). The van der Waals surface area contributed by atoms with E-state index in [1.807, 2.05) is 14.0 Å². The molecule has 2 atom stereocenters. The van der Waals surface area contributed by atoms with Gasteiger partial charge in [-0.3, -0.25) is 4.99 Å². The molecule has 0 radical (unpaired) electrons. The van der Waals surface area contributed by atoms with Crippen LogP contribution in [0.15, 0.2) is 4.99 Å². The summed E-state index contributed by atoms with van der Waals surface area (Å²) in [6.45, 7) is 5.97. The molecule has 2 aliphatic carbocycles. The van der Waals surface area contributed by atoms with E-state index in [2.05, 4.69) is 22.5 Å². The zero-order valence-electron chi connectivity index (χ0n) is 18.9. The van der Waals surface area contributed by atoms with Gasteiger partial charge in [0.1, 0.15) is 0 Å². The number of piperidine rings is 1. The molecule has 0 aromatic heterocycles. The minimum absolute atomic E-state index is 0. The lowest BCUT2D eigenvalue weighted by Crippen LogP contribution is -2.67. The summed E-state index contributed by atoms with van der Waals surface area (Å²) in [7, 11) is -1.27. The first-order valence-corrected chi connectivity index (χ1v) is 13.2. The fraction of sp³-hybridized carbons (Fsp3) is 0.952. The zero-order chi connectivity index (χ0) is 20.9. The van der Waals surface area contributed by atoms with Gasteiger partial charge < -0.3 is 15.4 Å². The molecule has 3 aliphatic rings. The number of rotatable bonds is 7. The Hall–Kier alpha value is -0.130. The van der Waals surface area contributed by atoms with Crippen LogP contribution in [0.1, 0.15) is 71.6 Å². The van der Waals surface area contributed by atoms with Crippen molar-refractivity contribution in [2.45, 2.75) is 89.8 Å². The molecule has 30 heavy (non-hydrogen) atoms. The summed E-state index contributed by atoms with van der Waals surface area (Å²) in [5.74, 6) is 1.10. The molecule has 1 heterocycles. The average molecular weight is 557 g/mol. The Morgan fingerprint density at radius 2 is 1.80 bits per heavy atom. The van der Waals surface area contributed by atoms with Gasteiger partial charge in [-0.2, -0.15) is 0 Å². The van der Waals surface area contributed by atoms with Crippen LogP contribution < -0.4 is 10.6 Å². The normalized spacial score (nSPS) is 27.9. The van der Waals surface area contributed by atoms with Gasteiger partial charge in [0, 0.05) is 44.2 Å². The number of sulfonamides is 1. The van der Waals surface area contributed by atoms with Crippen molar-refractivity contribution in [2.75, 3.05) is 32.5 Å². The fourth-order valence-corrected chi connectivity index (χ4v) is 7.00. The molecule has 2 unspecified atom stereocenters. The highest BCUT2D eigenvalue weighted by Crippen LogP contribution is 2.53. The van der Waals surface area contributed by atoms with Gasteiger partial charge >= 0.3 is 0 Å². The molecule has 1 spiro atoms. The van der Waals surface area contributed by atoms with Gasteiger partial charge in [0.15, 0.2) is 5.96 Å². The van der Waals surface area contributed by atoms with E-state index >= 15 is 0 Å². The highest BCUT2D eigenvalue weighted by Gasteiger charge is 2.55. The van der Waals surface area contributed by atoms with Crippen molar-refractivity contribution < 1.29 is 13.2 Å². The minimum atomic E-state index is -3.09. The lowest BCUT2D eigenvalue weighted by Gasteiger charge is -2.58. The Labute approximate surface area is 200 Å². The minimum Gasteiger partial charge on any atom is -0.378 e. The van der Waals surface area contributed by atoms with E-state index in [0.717, 1.165) is 31.8 Å². The van der Waals surface area contributed by atoms with Crippen LogP contribution in [0.5, 0.6) is 0 Å². The molecule has 0 bridgehead atoms. The van der Waals surface area contributed by atoms with E-state index in [-0.39, 0.29) is 41.2 Å². The van der Waals surface area contributed by atoms with Crippen molar-refractivity contribution in [1.29, 1.82) is 0 Å². The lowest BCUT2D eigenvalue weighted by molar-refractivity contribution is -0.145. The second kappa shape index (κ2) is 11.7. The maximum absolute atomic E-state index is 12.3. The van der Waals surface area contributed by atoms with Crippen LogP contribution >= 0.6 is 24.0 Å². The molecule has 1 aliphatic heterocycles. The number of ether oxygens (including phenoxy) is 1. The van der Waals surface area contributed by atoms with Crippen LogP contribution in [-0.2, 0) is 14.8 Å². The van der Waals surface area contributed by atoms with Gasteiger partial charge in [-0.1, -0.05) is 26.2 Å². The third-order valence-electron chi connectivity index (χ3n) is 7.12. The first-order chi connectivity index (χ1) is 13.9. The van der Waals surface area contributed by atoms with Crippen LogP contribution in [0.3, 0.4) is 0 Å². The summed E-state index contributed by atoms with van der Waals surface area (Å²) in [6.07, 6.45) is 10.1. The van der Waals surface area contributed by atoms with Crippen LogP contribution in [0.4, 0.5) is 0 Å². The number of nitrogens with zero attached hydrogens (tertiary/aromatic N) is 2. The fourth-order valence-electron chi connectivity index (χ4n) is 5.46. The van der Waals surface area contributed by atoms with E-state index in [1.54, 1.807) is 4.31 Å². The largest absolute Gasteiger partial charge is 0.378 e. The number of aliphatic imine (C=N–C) groups is 1. The van der Waals surface area contributed by atoms with Crippen molar-refractivity contribution in [3.63, 3.8) is 0 Å². The van der Waals surface area contributed by atoms with Gasteiger partial charge in [-0.25, -0.2) is 12.7 Å². The summed E-state index contributed by atoms with van der Waals surface area (Å²) in [5, 5.41) is 7.24. The Balaban J connectivity index is 0.00000320. The first-order valence-electron chi connectivity index (χ1n) is 11.5. The topological polar surface area (TPSA) is 83.0 Å². The van der Waals surface area contributed by atoms with Gasteiger partial charge in [0.2, 0.25) is 10.0 Å². The summed E-state index contributed by atoms with van der Waals surface area (Å²) in [4.78, 5) is 4.47. The Kier molecular flexibility index (Phi) is 10.1. The van der Waals surface area contributed by atoms with Gasteiger partial charge in [-0.05, 0) is 45.4 Å². The van der Waals surface area contributed by atoms with Crippen molar-refractivity contribution in [3.8, 4) is 0 Å². The molecule has 0 aromatic rings. The molecule has 7 nitrogen and oxygen atoms in total. The first kappa shape index (κ1) is 26.1. The van der Waals surface area contributed by atoms with Crippen molar-refractivity contribution in [1.82, 2.24) is 14.9 Å². The molecular formula is C21H41IN4O3S. The van der Waals surface area contributed by atoms with Crippen LogP contribution in [-0.4, -0.2) is 69.4 Å². The summed E-state index contributed by atoms with van der Waals surface area (Å²) in [5.41, 5.74) is 0.253. The Bertz CT molecular complexity index is 659. The molecule has 3 fully saturated rings. The van der Waals surface area contributed by atoms with E-state index in [9.17, 15) is 8.42 Å². The van der Waals surface area contributed by atoms with E-state index in [4.69, 9.17) is 4.74 Å². The van der Waals surface area contributed by atoms with Gasteiger partial charge in [-0.15, -0.1) is 24.0 Å².